The molecular formula is C11H16N5O14P3. The molecule has 0 radical (unpaired) electrons. The molecule has 4 rings (SSSR count). The molecule has 2 aromatic rings. The van der Waals surface area contributed by atoms with Gasteiger partial charge in [-0.05, 0) is 0 Å². The van der Waals surface area contributed by atoms with Gasteiger partial charge in [-0.3, -0.25) is 18.9 Å². The van der Waals surface area contributed by atoms with Gasteiger partial charge in [0.1, 0.15) is 17.8 Å². The summed E-state index contributed by atoms with van der Waals surface area (Å²) in [6, 6.07) is 0. The maximum Gasteiger partial charge on any atom is 0.490 e. The normalized spacial score (nSPS) is 31.0. The van der Waals surface area contributed by atoms with Gasteiger partial charge < -0.3 is 39.9 Å². The van der Waals surface area contributed by atoms with E-state index in [0.29, 0.717) is 0 Å². The number of nitrogens with two attached hydrogens (primary N) is 1. The molecule has 2 bridgehead atoms. The zero-order valence-electron chi connectivity index (χ0n) is 15.9. The lowest BCUT2D eigenvalue weighted by atomic mass is 10.0. The molecule has 2 unspecified atom stereocenters. The molecule has 8 N–H and O–H groups in total. The number of hydrogen-bond donors (Lipinski definition) is 7. The highest BCUT2D eigenvalue weighted by atomic mass is 31.3. The van der Waals surface area contributed by atoms with Crippen molar-refractivity contribution in [3.63, 3.8) is 0 Å². The number of phosphoric acid groups is 3. The molecule has 2 aliphatic heterocycles. The van der Waals surface area contributed by atoms with E-state index in [1.54, 1.807) is 0 Å². The summed E-state index contributed by atoms with van der Waals surface area (Å²) in [6.07, 6.45) is -2.51. The first kappa shape index (κ1) is 24.6. The maximum absolute atomic E-state index is 12.0. The predicted molar refractivity (Wildman–Crippen MR) is 101 cm³/mol. The van der Waals surface area contributed by atoms with Crippen molar-refractivity contribution in [2.75, 3.05) is 18.9 Å². The van der Waals surface area contributed by atoms with Gasteiger partial charge in [0.05, 0.1) is 19.5 Å². The molecule has 33 heavy (non-hydrogen) atoms. The molecule has 184 valence electrons. The van der Waals surface area contributed by atoms with Crippen molar-refractivity contribution in [3.8, 4) is 0 Å². The zero-order chi connectivity index (χ0) is 24.4. The number of aliphatic hydroxyl groups excluding tert-OH is 1. The van der Waals surface area contributed by atoms with Crippen LogP contribution in [0.3, 0.4) is 0 Å². The largest absolute Gasteiger partial charge is 0.490 e. The predicted octanol–water partition coefficient (Wildman–Crippen LogP) is -1.93. The summed E-state index contributed by atoms with van der Waals surface area (Å²) in [4.78, 5) is 58.1. The fraction of sp³-hybridized carbons (Fsp3) is 0.545. The monoisotopic (exact) mass is 535 g/mol. The van der Waals surface area contributed by atoms with E-state index in [1.807, 2.05) is 0 Å². The highest BCUT2D eigenvalue weighted by Crippen LogP contribution is 2.66. The smallest absolute Gasteiger partial charge is 0.387 e. The van der Waals surface area contributed by atoms with Crippen LogP contribution in [0.25, 0.3) is 11.2 Å². The number of nitrogen functional groups attached to an aromatic ring is 1. The Morgan fingerprint density at radius 1 is 1.24 bits per heavy atom. The minimum Gasteiger partial charge on any atom is -0.387 e. The fourth-order valence-corrected chi connectivity index (χ4v) is 6.44. The number of nitrogens with zero attached hydrogens (tertiary/aromatic N) is 3. The van der Waals surface area contributed by atoms with Crippen molar-refractivity contribution in [3.05, 3.63) is 16.7 Å². The molecule has 19 nitrogen and oxygen atoms in total. The van der Waals surface area contributed by atoms with E-state index in [2.05, 4.69) is 28.1 Å². The Morgan fingerprint density at radius 3 is 2.61 bits per heavy atom. The molecule has 0 aromatic carbocycles. The molecule has 4 heterocycles. The van der Waals surface area contributed by atoms with Gasteiger partial charge in [-0.25, -0.2) is 18.7 Å². The van der Waals surface area contributed by atoms with Crippen molar-refractivity contribution >= 4 is 40.6 Å². The number of fused-ring (bicyclic) bond motifs is 3. The third kappa shape index (κ3) is 4.82. The van der Waals surface area contributed by atoms with E-state index >= 15 is 0 Å². The molecule has 2 aliphatic rings. The summed E-state index contributed by atoms with van der Waals surface area (Å²) in [5.41, 5.74) is 3.02. The number of phosphoric ester groups is 1. The lowest BCUT2D eigenvalue weighted by molar-refractivity contribution is -0.183. The molecule has 0 spiro atoms. The minimum atomic E-state index is -5.72. The van der Waals surface area contributed by atoms with E-state index in [4.69, 9.17) is 25.0 Å². The first-order valence-electron chi connectivity index (χ1n) is 8.60. The molecule has 22 heteroatoms. The first-order chi connectivity index (χ1) is 15.1. The van der Waals surface area contributed by atoms with Crippen LogP contribution in [0.15, 0.2) is 11.1 Å². The molecule has 2 aromatic heterocycles. The third-order valence-electron chi connectivity index (χ3n) is 4.62. The molecule has 2 fully saturated rings. The lowest BCUT2D eigenvalue weighted by Crippen LogP contribution is -2.44. The number of aromatic amines is 1. The van der Waals surface area contributed by atoms with Gasteiger partial charge in [-0.15, -0.1) is 0 Å². The van der Waals surface area contributed by atoms with Crippen LogP contribution in [-0.4, -0.2) is 75.2 Å². The Hall–Kier alpha value is -1.56. The molecule has 6 atom stereocenters. The molecule has 0 aliphatic carbocycles. The third-order valence-corrected chi connectivity index (χ3v) is 8.40. The number of H-pyrrole nitrogens is 1. The molecule has 0 amide bonds. The van der Waals surface area contributed by atoms with Crippen molar-refractivity contribution in [1.29, 1.82) is 0 Å². The van der Waals surface area contributed by atoms with Crippen molar-refractivity contribution in [2.24, 2.45) is 0 Å². The van der Waals surface area contributed by atoms with E-state index in [-0.39, 0.29) is 23.7 Å². The van der Waals surface area contributed by atoms with Gasteiger partial charge in [-0.2, -0.15) is 13.6 Å². The van der Waals surface area contributed by atoms with Gasteiger partial charge in [0.25, 0.3) is 5.56 Å². The fourth-order valence-electron chi connectivity index (χ4n) is 3.36. The Kier molecular flexibility index (Phi) is 5.95. The topological polar surface area (TPSA) is 288 Å². The summed E-state index contributed by atoms with van der Waals surface area (Å²) in [5.74, 6) is -0.221. The van der Waals surface area contributed by atoms with Gasteiger partial charge in [0.2, 0.25) is 5.95 Å². The van der Waals surface area contributed by atoms with Crippen molar-refractivity contribution in [1.82, 2.24) is 19.5 Å². The van der Waals surface area contributed by atoms with Crippen LogP contribution in [0.4, 0.5) is 5.95 Å². The van der Waals surface area contributed by atoms with E-state index < -0.39 is 59.7 Å². The van der Waals surface area contributed by atoms with Crippen LogP contribution in [0.5, 0.6) is 0 Å². The summed E-state index contributed by atoms with van der Waals surface area (Å²) in [7, 11) is -16.7. The Morgan fingerprint density at radius 2 is 1.94 bits per heavy atom. The van der Waals surface area contributed by atoms with Crippen LogP contribution < -0.4 is 11.3 Å². The average molecular weight is 535 g/mol. The highest BCUT2D eigenvalue weighted by molar-refractivity contribution is 7.66. The van der Waals surface area contributed by atoms with E-state index in [9.17, 15) is 33.4 Å². The van der Waals surface area contributed by atoms with Gasteiger partial charge in [-0.1, -0.05) is 0 Å². The first-order valence-corrected chi connectivity index (χ1v) is 13.1. The van der Waals surface area contributed by atoms with Crippen LogP contribution >= 0.6 is 23.5 Å². The van der Waals surface area contributed by atoms with E-state index in [1.165, 1.54) is 10.9 Å². The summed E-state index contributed by atoms with van der Waals surface area (Å²) in [5, 5.41) is 10.6. The maximum atomic E-state index is 12.0. The number of anilines is 1. The SMILES string of the molecule is Nc1nc2c(ncn2[C@@H]2O[C@]3(COP(=O)(O)OP(=O)(O)OP(=O)(O)O)CO[C@@H]2[C@@H]3O)c(=O)[nH]1. The van der Waals surface area contributed by atoms with Crippen LogP contribution in [0.1, 0.15) is 6.23 Å². The summed E-state index contributed by atoms with van der Waals surface area (Å²) >= 11 is 0. The van der Waals surface area contributed by atoms with Crippen LogP contribution in [0, 0.1) is 0 Å². The number of ether oxygens (including phenoxy) is 2. The quantitative estimate of drug-likeness (QED) is 0.181. The van der Waals surface area contributed by atoms with Crippen LogP contribution in [0.2, 0.25) is 0 Å². The van der Waals surface area contributed by atoms with Crippen molar-refractivity contribution < 1.29 is 61.0 Å². The number of aromatic nitrogens is 4. The Labute approximate surface area is 181 Å². The Bertz CT molecular complexity index is 1290. The second-order valence-electron chi connectivity index (χ2n) is 6.93. The molecule has 0 saturated carbocycles. The zero-order valence-corrected chi connectivity index (χ0v) is 18.6. The Balaban J connectivity index is 1.52. The minimum absolute atomic E-state index is 0.00682. The second kappa shape index (κ2) is 8.00. The second-order valence-corrected chi connectivity index (χ2v) is 11.4. The standard InChI is InChI=1S/C11H16N5O14P3/c12-10-14-7-4(8(18)15-10)13-3-16(7)9-5-6(17)11(28-9,1-26-5)2-27-32(22,23)30-33(24,25)29-31(19,20)21/h3,5-6,9,17H,1-2H2,(H,22,23)(H,24,25)(H2,19,20,21)(H3,12,14,15,18)/t5-,6+,9-,11+/m1/s1. The summed E-state index contributed by atoms with van der Waals surface area (Å²) in [6.45, 7) is -1.29. The number of aliphatic hydroxyl groups is 1. The molecular weight excluding hydrogens is 519 g/mol. The number of hydrogen-bond acceptors (Lipinski definition) is 13. The van der Waals surface area contributed by atoms with E-state index in [0.717, 1.165) is 0 Å². The number of imidazole rings is 1. The summed E-state index contributed by atoms with van der Waals surface area (Å²) < 4.78 is 58.4. The number of rotatable bonds is 8. The van der Waals surface area contributed by atoms with Gasteiger partial charge in [0, 0.05) is 0 Å². The van der Waals surface area contributed by atoms with Gasteiger partial charge in [0.15, 0.2) is 17.4 Å². The molecule has 2 saturated heterocycles. The number of nitrogens with one attached hydrogen (secondary N) is 1. The highest BCUT2D eigenvalue weighted by Gasteiger charge is 2.63. The van der Waals surface area contributed by atoms with Gasteiger partial charge >= 0.3 is 23.5 Å². The van der Waals surface area contributed by atoms with Crippen LogP contribution in [-0.2, 0) is 36.3 Å². The average Bonchev–Trinajstić information content (AvgIpc) is 3.27. The van der Waals surface area contributed by atoms with Crippen molar-refractivity contribution in [2.45, 2.75) is 24.0 Å². The lowest BCUT2D eigenvalue weighted by Gasteiger charge is -2.31.